The van der Waals surface area contributed by atoms with Gasteiger partial charge in [-0.15, -0.1) is 12.4 Å². The van der Waals surface area contributed by atoms with E-state index in [-0.39, 0.29) is 23.7 Å². The summed E-state index contributed by atoms with van der Waals surface area (Å²) in [7, 11) is 1.78. The molecule has 0 aromatic carbocycles. The predicted octanol–water partition coefficient (Wildman–Crippen LogP) is 1.29. The van der Waals surface area contributed by atoms with Gasteiger partial charge in [0.15, 0.2) is 0 Å². The Morgan fingerprint density at radius 3 is 2.42 bits per heavy atom. The van der Waals surface area contributed by atoms with Crippen LogP contribution >= 0.6 is 12.4 Å². The van der Waals surface area contributed by atoms with Gasteiger partial charge in [-0.2, -0.15) is 0 Å². The number of likely N-dealkylation sites (N-methyl/N-ethyl adjacent to an activating group) is 1. The number of halogens is 1. The summed E-state index contributed by atoms with van der Waals surface area (Å²) in [6.45, 7) is 10.6. The molecule has 0 saturated carbocycles. The van der Waals surface area contributed by atoms with Crippen molar-refractivity contribution >= 4 is 18.3 Å². The van der Waals surface area contributed by atoms with Crippen molar-refractivity contribution in [3.63, 3.8) is 0 Å². The van der Waals surface area contributed by atoms with Crippen molar-refractivity contribution in [1.82, 2.24) is 4.90 Å². The summed E-state index contributed by atoms with van der Waals surface area (Å²) >= 11 is 0. The fourth-order valence-electron chi connectivity index (χ4n) is 1.59. The van der Waals surface area contributed by atoms with Gasteiger partial charge in [0.1, 0.15) is 6.10 Å². The lowest BCUT2D eigenvalue weighted by molar-refractivity contribution is -0.143. The molecule has 0 heterocycles. The van der Waals surface area contributed by atoms with Crippen LogP contribution in [0.3, 0.4) is 0 Å². The molecule has 0 radical (unpaired) electrons. The Hall–Kier alpha value is -0.360. The van der Waals surface area contributed by atoms with Crippen molar-refractivity contribution in [3.8, 4) is 0 Å². The van der Waals surface area contributed by atoms with Crippen LogP contribution in [0.5, 0.6) is 0 Å². The number of hydrogen-bond acceptors (Lipinski definition) is 4. The third-order valence-electron chi connectivity index (χ3n) is 2.74. The average Bonchev–Trinajstić information content (AvgIpc) is 2.32. The molecule has 1 amide bonds. The van der Waals surface area contributed by atoms with Gasteiger partial charge in [-0.05, 0) is 25.8 Å². The zero-order chi connectivity index (χ0) is 14.2. The van der Waals surface area contributed by atoms with Crippen LogP contribution in [0.1, 0.15) is 27.7 Å². The minimum atomic E-state index is -0.441. The Morgan fingerprint density at radius 1 is 1.37 bits per heavy atom. The fourth-order valence-corrected chi connectivity index (χ4v) is 1.59. The molecule has 0 aliphatic heterocycles. The maximum absolute atomic E-state index is 12.0. The first-order valence-corrected chi connectivity index (χ1v) is 6.48. The lowest BCUT2D eigenvalue weighted by atomic mass is 9.93. The van der Waals surface area contributed by atoms with E-state index in [4.69, 9.17) is 15.2 Å². The number of carbonyl (C=O) groups is 1. The van der Waals surface area contributed by atoms with Gasteiger partial charge in [0.05, 0.1) is 13.2 Å². The van der Waals surface area contributed by atoms with Crippen LogP contribution in [-0.4, -0.2) is 56.9 Å². The second-order valence-electron chi connectivity index (χ2n) is 5.27. The van der Waals surface area contributed by atoms with Crippen LogP contribution in [0.4, 0.5) is 0 Å². The summed E-state index contributed by atoms with van der Waals surface area (Å²) in [4.78, 5) is 13.7. The summed E-state index contributed by atoms with van der Waals surface area (Å²) in [5.74, 6) is -0.0203. The molecule has 0 rings (SSSR count). The molecule has 0 aromatic heterocycles. The highest BCUT2D eigenvalue weighted by Crippen LogP contribution is 2.14. The molecule has 0 aliphatic carbocycles. The monoisotopic (exact) mass is 296 g/mol. The molecule has 19 heavy (non-hydrogen) atoms. The van der Waals surface area contributed by atoms with Crippen molar-refractivity contribution < 1.29 is 14.3 Å². The van der Waals surface area contributed by atoms with Crippen molar-refractivity contribution in [2.45, 2.75) is 33.8 Å². The maximum Gasteiger partial charge on any atom is 0.251 e. The van der Waals surface area contributed by atoms with Gasteiger partial charge in [-0.3, -0.25) is 4.79 Å². The second kappa shape index (κ2) is 10.4. The number of rotatable bonds is 9. The molecule has 0 fully saturated rings. The quantitative estimate of drug-likeness (QED) is 0.651. The van der Waals surface area contributed by atoms with Gasteiger partial charge in [-0.25, -0.2) is 0 Å². The molecule has 0 aromatic rings. The third-order valence-corrected chi connectivity index (χ3v) is 2.74. The van der Waals surface area contributed by atoms with Crippen LogP contribution < -0.4 is 5.73 Å². The fraction of sp³-hybridized carbons (Fsp3) is 0.923. The molecule has 1 unspecified atom stereocenters. The van der Waals surface area contributed by atoms with E-state index in [1.54, 1.807) is 18.9 Å². The standard InChI is InChI=1S/C13H28N2O3.ClH/c1-6-17-7-8-18-11(2)12(16)15(5)10-13(3,4)9-14;/h11H,6-10,14H2,1-5H3;1H. The zero-order valence-electron chi connectivity index (χ0n) is 12.8. The van der Waals surface area contributed by atoms with E-state index in [0.29, 0.717) is 32.9 Å². The Bertz CT molecular complexity index is 250. The van der Waals surface area contributed by atoms with Crippen LogP contribution in [0.25, 0.3) is 0 Å². The van der Waals surface area contributed by atoms with E-state index >= 15 is 0 Å². The number of ether oxygens (including phenoxy) is 2. The number of amides is 1. The third kappa shape index (κ3) is 9.21. The van der Waals surface area contributed by atoms with Crippen molar-refractivity contribution in [2.24, 2.45) is 11.1 Å². The van der Waals surface area contributed by atoms with E-state index < -0.39 is 6.10 Å². The predicted molar refractivity (Wildman–Crippen MR) is 79.6 cm³/mol. The smallest absolute Gasteiger partial charge is 0.251 e. The molecule has 2 N–H and O–H groups in total. The summed E-state index contributed by atoms with van der Waals surface area (Å²) in [5, 5.41) is 0. The number of nitrogens with zero attached hydrogens (tertiary/aromatic N) is 1. The van der Waals surface area contributed by atoms with E-state index in [0.717, 1.165) is 0 Å². The molecule has 0 spiro atoms. The van der Waals surface area contributed by atoms with Crippen molar-refractivity contribution in [1.29, 1.82) is 0 Å². The van der Waals surface area contributed by atoms with E-state index in [1.807, 2.05) is 20.8 Å². The summed E-state index contributed by atoms with van der Waals surface area (Å²) in [5.41, 5.74) is 5.58. The Balaban J connectivity index is 0. The van der Waals surface area contributed by atoms with E-state index in [1.165, 1.54) is 0 Å². The zero-order valence-corrected chi connectivity index (χ0v) is 13.6. The Morgan fingerprint density at radius 2 is 1.95 bits per heavy atom. The summed E-state index contributed by atoms with van der Waals surface area (Å²) in [6, 6.07) is 0. The lowest BCUT2D eigenvalue weighted by Crippen LogP contribution is -2.44. The Labute approximate surface area is 123 Å². The minimum Gasteiger partial charge on any atom is -0.379 e. The SMILES string of the molecule is CCOCCOC(C)C(=O)N(C)CC(C)(C)CN.Cl. The molecule has 5 nitrogen and oxygen atoms in total. The molecular weight excluding hydrogens is 268 g/mol. The highest BCUT2D eigenvalue weighted by Gasteiger charge is 2.24. The lowest BCUT2D eigenvalue weighted by Gasteiger charge is -2.30. The number of nitrogens with two attached hydrogens (primary N) is 1. The molecule has 116 valence electrons. The molecule has 0 bridgehead atoms. The highest BCUT2D eigenvalue weighted by atomic mass is 35.5. The second-order valence-corrected chi connectivity index (χ2v) is 5.27. The van der Waals surface area contributed by atoms with Gasteiger partial charge >= 0.3 is 0 Å². The summed E-state index contributed by atoms with van der Waals surface area (Å²) in [6.07, 6.45) is -0.441. The minimum absolute atomic E-state index is 0. The average molecular weight is 297 g/mol. The van der Waals surface area contributed by atoms with Gasteiger partial charge < -0.3 is 20.1 Å². The first-order chi connectivity index (χ1) is 8.34. The number of carbonyl (C=O) groups excluding carboxylic acids is 1. The normalized spacial score (nSPS) is 12.7. The molecule has 6 heteroatoms. The van der Waals surface area contributed by atoms with Gasteiger partial charge in [0.2, 0.25) is 0 Å². The molecule has 1 atom stereocenters. The summed E-state index contributed by atoms with van der Waals surface area (Å²) < 4.78 is 10.6. The molecule has 0 aliphatic rings. The van der Waals surface area contributed by atoms with E-state index in [2.05, 4.69) is 0 Å². The maximum atomic E-state index is 12.0. The Kier molecular flexibility index (Phi) is 11.5. The first-order valence-electron chi connectivity index (χ1n) is 6.48. The van der Waals surface area contributed by atoms with Gasteiger partial charge in [0.25, 0.3) is 5.91 Å². The van der Waals surface area contributed by atoms with Crippen LogP contribution in [0.2, 0.25) is 0 Å². The van der Waals surface area contributed by atoms with Crippen LogP contribution in [0, 0.1) is 5.41 Å². The van der Waals surface area contributed by atoms with Crippen LogP contribution in [-0.2, 0) is 14.3 Å². The topological polar surface area (TPSA) is 64.8 Å². The van der Waals surface area contributed by atoms with Crippen LogP contribution in [0.15, 0.2) is 0 Å². The first kappa shape index (κ1) is 20.9. The largest absolute Gasteiger partial charge is 0.379 e. The number of hydrogen-bond donors (Lipinski definition) is 1. The van der Waals surface area contributed by atoms with Gasteiger partial charge in [-0.1, -0.05) is 13.8 Å². The molecular formula is C13H29ClN2O3. The van der Waals surface area contributed by atoms with Crippen molar-refractivity contribution in [3.05, 3.63) is 0 Å². The molecule has 0 saturated heterocycles. The van der Waals surface area contributed by atoms with Gasteiger partial charge in [0, 0.05) is 20.2 Å². The van der Waals surface area contributed by atoms with E-state index in [9.17, 15) is 4.79 Å². The highest BCUT2D eigenvalue weighted by molar-refractivity contribution is 5.85. The van der Waals surface area contributed by atoms with Crippen molar-refractivity contribution in [2.75, 3.05) is 40.0 Å².